The Morgan fingerprint density at radius 3 is 2.59 bits per heavy atom. The van der Waals surface area contributed by atoms with Crippen LogP contribution in [-0.2, 0) is 0 Å². The van der Waals surface area contributed by atoms with Crippen molar-refractivity contribution in [3.63, 3.8) is 0 Å². The first-order valence-corrected chi connectivity index (χ1v) is 7.37. The van der Waals surface area contributed by atoms with E-state index in [0.29, 0.717) is 18.8 Å². The number of pyridine rings is 1. The third kappa shape index (κ3) is 3.03. The zero-order valence-corrected chi connectivity index (χ0v) is 12.6. The highest BCUT2D eigenvalue weighted by molar-refractivity contribution is 5.92. The predicted octanol–water partition coefficient (Wildman–Crippen LogP) is 2.05. The van der Waals surface area contributed by atoms with Crippen molar-refractivity contribution in [2.45, 2.75) is 0 Å². The molecular weight excluding hydrogens is 278 g/mol. The molecule has 5 nitrogen and oxygen atoms in total. The van der Waals surface area contributed by atoms with Crippen molar-refractivity contribution in [1.29, 1.82) is 0 Å². The summed E-state index contributed by atoms with van der Waals surface area (Å²) in [6.45, 7) is 3.02. The van der Waals surface area contributed by atoms with Crippen LogP contribution in [0.1, 0.15) is 10.5 Å². The summed E-state index contributed by atoms with van der Waals surface area (Å²) in [5.74, 6) is 0.857. The third-order valence-electron chi connectivity index (χ3n) is 3.87. The highest BCUT2D eigenvalue weighted by Gasteiger charge is 2.23. The first-order valence-electron chi connectivity index (χ1n) is 7.37. The average Bonchev–Trinajstić information content (AvgIpc) is 2.62. The molecule has 0 atom stereocenters. The highest BCUT2D eigenvalue weighted by Crippen LogP contribution is 2.22. The van der Waals surface area contributed by atoms with Crippen molar-refractivity contribution < 1.29 is 9.53 Å². The monoisotopic (exact) mass is 297 g/mol. The standard InChI is InChI=1S/C17H19N3O2/c1-22-15-6-4-5-14(13-15)19-9-11-20(12-10-19)17(21)16-7-2-3-8-18-16/h2-8,13H,9-12H2,1H3. The van der Waals surface area contributed by atoms with Gasteiger partial charge in [0.2, 0.25) is 0 Å². The maximum Gasteiger partial charge on any atom is 0.272 e. The van der Waals surface area contributed by atoms with E-state index in [-0.39, 0.29) is 5.91 Å². The van der Waals surface area contributed by atoms with Gasteiger partial charge in [-0.25, -0.2) is 0 Å². The molecule has 0 radical (unpaired) electrons. The summed E-state index contributed by atoms with van der Waals surface area (Å²) < 4.78 is 5.26. The number of hydrogen-bond donors (Lipinski definition) is 0. The second-order valence-corrected chi connectivity index (χ2v) is 5.20. The Morgan fingerprint density at radius 1 is 1.09 bits per heavy atom. The van der Waals surface area contributed by atoms with E-state index in [1.807, 2.05) is 35.2 Å². The number of methoxy groups -OCH3 is 1. The summed E-state index contributed by atoms with van der Waals surface area (Å²) in [5.41, 5.74) is 1.64. The Kier molecular flexibility index (Phi) is 4.23. The summed E-state index contributed by atoms with van der Waals surface area (Å²) in [5, 5.41) is 0. The Bertz CT molecular complexity index is 637. The molecular formula is C17H19N3O2. The lowest BCUT2D eigenvalue weighted by Gasteiger charge is -2.36. The van der Waals surface area contributed by atoms with E-state index < -0.39 is 0 Å². The van der Waals surface area contributed by atoms with Gasteiger partial charge in [-0.3, -0.25) is 9.78 Å². The molecule has 2 aromatic rings. The molecule has 1 fully saturated rings. The summed E-state index contributed by atoms with van der Waals surface area (Å²) in [4.78, 5) is 20.6. The number of ether oxygens (including phenoxy) is 1. The Labute approximate surface area is 130 Å². The Balaban J connectivity index is 1.64. The number of amides is 1. The van der Waals surface area contributed by atoms with Crippen LogP contribution < -0.4 is 9.64 Å². The quantitative estimate of drug-likeness (QED) is 0.870. The van der Waals surface area contributed by atoms with Crippen molar-refractivity contribution in [3.8, 4) is 5.75 Å². The van der Waals surface area contributed by atoms with E-state index in [1.165, 1.54) is 0 Å². The van der Waals surface area contributed by atoms with Gasteiger partial charge in [0.05, 0.1) is 7.11 Å². The SMILES string of the molecule is COc1cccc(N2CCN(C(=O)c3ccccn3)CC2)c1. The van der Waals surface area contributed by atoms with E-state index in [0.717, 1.165) is 24.5 Å². The molecule has 0 unspecified atom stereocenters. The summed E-state index contributed by atoms with van der Waals surface area (Å²) in [7, 11) is 1.67. The van der Waals surface area contributed by atoms with E-state index in [1.54, 1.807) is 19.4 Å². The van der Waals surface area contributed by atoms with Gasteiger partial charge in [0.1, 0.15) is 11.4 Å². The zero-order valence-electron chi connectivity index (χ0n) is 12.6. The minimum Gasteiger partial charge on any atom is -0.497 e. The van der Waals surface area contributed by atoms with Crippen molar-refractivity contribution >= 4 is 11.6 Å². The Hall–Kier alpha value is -2.56. The van der Waals surface area contributed by atoms with Crippen molar-refractivity contribution in [3.05, 3.63) is 54.4 Å². The molecule has 0 saturated carbocycles. The van der Waals surface area contributed by atoms with E-state index in [4.69, 9.17) is 4.74 Å². The molecule has 114 valence electrons. The lowest BCUT2D eigenvalue weighted by atomic mass is 10.2. The second-order valence-electron chi connectivity index (χ2n) is 5.20. The molecule has 2 heterocycles. The van der Waals surface area contributed by atoms with Gasteiger partial charge >= 0.3 is 0 Å². The smallest absolute Gasteiger partial charge is 0.272 e. The van der Waals surface area contributed by atoms with Crippen LogP contribution in [0.2, 0.25) is 0 Å². The van der Waals surface area contributed by atoms with Crippen molar-refractivity contribution in [2.24, 2.45) is 0 Å². The van der Waals surface area contributed by atoms with Gasteiger partial charge in [-0.2, -0.15) is 0 Å². The number of benzene rings is 1. The van der Waals surface area contributed by atoms with E-state index in [2.05, 4.69) is 16.0 Å². The number of hydrogen-bond acceptors (Lipinski definition) is 4. The van der Waals surface area contributed by atoms with Gasteiger partial charge in [-0.15, -0.1) is 0 Å². The van der Waals surface area contributed by atoms with Gasteiger partial charge in [-0.1, -0.05) is 12.1 Å². The minimum atomic E-state index is 0.00546. The van der Waals surface area contributed by atoms with Crippen LogP contribution in [0.15, 0.2) is 48.7 Å². The molecule has 0 N–H and O–H groups in total. The summed E-state index contributed by atoms with van der Waals surface area (Å²) in [6, 6.07) is 13.4. The molecule has 5 heteroatoms. The number of aromatic nitrogens is 1. The van der Waals surface area contributed by atoms with Crippen LogP contribution >= 0.6 is 0 Å². The van der Waals surface area contributed by atoms with Gasteiger partial charge < -0.3 is 14.5 Å². The van der Waals surface area contributed by atoms with Crippen LogP contribution in [-0.4, -0.2) is 49.1 Å². The maximum atomic E-state index is 12.4. The van der Waals surface area contributed by atoms with Gasteiger partial charge in [-0.05, 0) is 24.3 Å². The number of carbonyl (C=O) groups is 1. The lowest BCUT2D eigenvalue weighted by molar-refractivity contribution is 0.0741. The average molecular weight is 297 g/mol. The van der Waals surface area contributed by atoms with Crippen LogP contribution in [0.25, 0.3) is 0 Å². The lowest BCUT2D eigenvalue weighted by Crippen LogP contribution is -2.49. The molecule has 1 aliphatic heterocycles. The molecule has 1 amide bonds. The molecule has 1 aliphatic rings. The van der Waals surface area contributed by atoms with Gasteiger partial charge in [0.25, 0.3) is 5.91 Å². The summed E-state index contributed by atoms with van der Waals surface area (Å²) >= 11 is 0. The third-order valence-corrected chi connectivity index (χ3v) is 3.87. The van der Waals surface area contributed by atoms with E-state index in [9.17, 15) is 4.79 Å². The Morgan fingerprint density at radius 2 is 1.91 bits per heavy atom. The fraction of sp³-hybridized carbons (Fsp3) is 0.294. The van der Waals surface area contributed by atoms with Crippen LogP contribution in [0.5, 0.6) is 5.75 Å². The van der Waals surface area contributed by atoms with Crippen molar-refractivity contribution in [1.82, 2.24) is 9.88 Å². The summed E-state index contributed by atoms with van der Waals surface area (Å²) in [6.07, 6.45) is 1.65. The second kappa shape index (κ2) is 6.47. The van der Waals surface area contributed by atoms with Crippen LogP contribution in [0.4, 0.5) is 5.69 Å². The molecule has 3 rings (SSSR count). The van der Waals surface area contributed by atoms with Crippen LogP contribution in [0.3, 0.4) is 0 Å². The number of anilines is 1. The first-order chi connectivity index (χ1) is 10.8. The normalized spacial score (nSPS) is 14.8. The first kappa shape index (κ1) is 14.4. The predicted molar refractivity (Wildman–Crippen MR) is 85.3 cm³/mol. The molecule has 1 aromatic carbocycles. The fourth-order valence-electron chi connectivity index (χ4n) is 2.63. The van der Waals surface area contributed by atoms with Crippen molar-refractivity contribution in [2.75, 3.05) is 38.2 Å². The number of nitrogens with zero attached hydrogens (tertiary/aromatic N) is 3. The minimum absolute atomic E-state index is 0.00546. The molecule has 1 saturated heterocycles. The van der Waals surface area contributed by atoms with E-state index >= 15 is 0 Å². The molecule has 0 spiro atoms. The number of piperazine rings is 1. The van der Waals surface area contributed by atoms with Crippen LogP contribution in [0, 0.1) is 0 Å². The number of carbonyl (C=O) groups excluding carboxylic acids is 1. The molecule has 0 aliphatic carbocycles. The molecule has 22 heavy (non-hydrogen) atoms. The fourth-order valence-corrected chi connectivity index (χ4v) is 2.63. The molecule has 0 bridgehead atoms. The largest absolute Gasteiger partial charge is 0.497 e. The van der Waals surface area contributed by atoms with Gasteiger partial charge in [0.15, 0.2) is 0 Å². The molecule has 1 aromatic heterocycles. The zero-order chi connectivity index (χ0) is 15.4. The van der Waals surface area contributed by atoms with Gasteiger partial charge in [0, 0.05) is 44.1 Å². The number of rotatable bonds is 3. The topological polar surface area (TPSA) is 45.7 Å². The maximum absolute atomic E-state index is 12.4. The highest BCUT2D eigenvalue weighted by atomic mass is 16.5.